The van der Waals surface area contributed by atoms with Crippen molar-refractivity contribution >= 4 is 33.3 Å². The zero-order chi connectivity index (χ0) is 25.0. The molecule has 192 valence electrons. The van der Waals surface area contributed by atoms with Crippen LogP contribution in [0.3, 0.4) is 0 Å². The predicted molar refractivity (Wildman–Crippen MR) is 135 cm³/mol. The number of hydrogen-bond acceptors (Lipinski definition) is 9. The zero-order valence-corrected chi connectivity index (χ0v) is 20.8. The van der Waals surface area contributed by atoms with Gasteiger partial charge in [0.05, 0.1) is 39.7 Å². The first kappa shape index (κ1) is 23.9. The van der Waals surface area contributed by atoms with E-state index in [9.17, 15) is 19.0 Å². The van der Waals surface area contributed by atoms with Crippen molar-refractivity contribution in [1.82, 2.24) is 19.9 Å². The molecule has 3 aromatic rings. The van der Waals surface area contributed by atoms with Gasteiger partial charge in [-0.3, -0.25) is 4.98 Å². The molecule has 3 aliphatic carbocycles. The molecule has 3 saturated carbocycles. The number of aliphatic hydroxyl groups is 2. The second kappa shape index (κ2) is 9.42. The molecule has 4 atom stereocenters. The van der Waals surface area contributed by atoms with Crippen molar-refractivity contribution in [3.63, 3.8) is 0 Å². The molecular formula is C25H30F2N6O2S. The smallest absolute Gasteiger partial charge is 0.244 e. The number of hydrogen-bond donors (Lipinski definition) is 4. The third-order valence-corrected chi connectivity index (χ3v) is 8.55. The van der Waals surface area contributed by atoms with Crippen molar-refractivity contribution in [3.05, 3.63) is 23.7 Å². The Labute approximate surface area is 211 Å². The highest BCUT2D eigenvalue weighted by molar-refractivity contribution is 7.21. The summed E-state index contributed by atoms with van der Waals surface area (Å²) in [6.45, 7) is 2.63. The summed E-state index contributed by atoms with van der Waals surface area (Å²) in [5, 5.41) is 27.9. The van der Waals surface area contributed by atoms with Gasteiger partial charge in [-0.2, -0.15) is 4.98 Å². The fourth-order valence-electron chi connectivity index (χ4n) is 5.08. The van der Waals surface area contributed by atoms with Gasteiger partial charge in [-0.15, -0.1) is 11.3 Å². The van der Waals surface area contributed by atoms with Crippen molar-refractivity contribution in [3.8, 4) is 10.6 Å². The topological polar surface area (TPSA) is 116 Å². The van der Waals surface area contributed by atoms with Gasteiger partial charge in [0.2, 0.25) is 12.4 Å². The van der Waals surface area contributed by atoms with Crippen molar-refractivity contribution in [2.24, 2.45) is 11.8 Å². The number of nitrogens with one attached hydrogen (secondary N) is 2. The summed E-state index contributed by atoms with van der Waals surface area (Å²) in [5.41, 5.74) is 3.26. The standard InChI is InChI=1S/C25H30F2N6O2S/c1-11-17(24-32-19-16(36-24)7-9-28-18(19)13-4-5-13)23(33-25(30-11)29-8-6-12-2-3-12)31-15-10-14(22(26)27)20(34)21(15)35/h7,9,12-15,20-22,34-35H,2-6,8,10H2,1H3,(H2,29,30,31,33)/t14-,15+,20+,21-/m0/s1. The third-order valence-electron chi connectivity index (χ3n) is 7.51. The van der Waals surface area contributed by atoms with E-state index < -0.39 is 30.6 Å². The Morgan fingerprint density at radius 2 is 1.92 bits per heavy atom. The van der Waals surface area contributed by atoms with Crippen LogP contribution in [-0.4, -0.2) is 61.4 Å². The van der Waals surface area contributed by atoms with Crippen molar-refractivity contribution in [1.29, 1.82) is 0 Å². The van der Waals surface area contributed by atoms with Gasteiger partial charge in [0.15, 0.2) is 0 Å². The average molecular weight is 517 g/mol. The van der Waals surface area contributed by atoms with Gasteiger partial charge in [-0.05, 0) is 44.6 Å². The molecular weight excluding hydrogens is 486 g/mol. The molecule has 3 aromatic heterocycles. The Bertz CT molecular complexity index is 1260. The van der Waals surface area contributed by atoms with Gasteiger partial charge in [0.1, 0.15) is 22.4 Å². The first-order valence-corrected chi connectivity index (χ1v) is 13.5. The highest BCUT2D eigenvalue weighted by atomic mass is 32.1. The van der Waals surface area contributed by atoms with Crippen molar-refractivity contribution in [2.75, 3.05) is 17.2 Å². The van der Waals surface area contributed by atoms with Crippen LogP contribution in [0, 0.1) is 18.8 Å². The minimum Gasteiger partial charge on any atom is -0.390 e. The normalized spacial score (nSPS) is 26.2. The van der Waals surface area contributed by atoms with E-state index in [-0.39, 0.29) is 6.42 Å². The number of pyridine rings is 1. The summed E-state index contributed by atoms with van der Waals surface area (Å²) >= 11 is 1.52. The molecule has 0 amide bonds. The molecule has 3 aliphatic rings. The molecule has 0 aromatic carbocycles. The summed E-state index contributed by atoms with van der Waals surface area (Å²) in [5.74, 6) is 0.767. The quantitative estimate of drug-likeness (QED) is 0.332. The van der Waals surface area contributed by atoms with Crippen LogP contribution in [0.4, 0.5) is 20.5 Å². The molecule has 4 N–H and O–H groups in total. The molecule has 0 radical (unpaired) electrons. The second-order valence-electron chi connectivity index (χ2n) is 10.3. The highest BCUT2D eigenvalue weighted by Gasteiger charge is 2.46. The number of fused-ring (bicyclic) bond motifs is 1. The fraction of sp³-hybridized carbons (Fsp3) is 0.600. The number of anilines is 2. The van der Waals surface area contributed by atoms with Gasteiger partial charge in [0.25, 0.3) is 0 Å². The number of aromatic nitrogens is 4. The molecule has 0 bridgehead atoms. The van der Waals surface area contributed by atoms with E-state index in [4.69, 9.17) is 9.97 Å². The first-order valence-electron chi connectivity index (χ1n) is 12.7. The van der Waals surface area contributed by atoms with Gasteiger partial charge in [-0.1, -0.05) is 12.8 Å². The van der Waals surface area contributed by atoms with Crippen LogP contribution >= 0.6 is 11.3 Å². The first-order chi connectivity index (χ1) is 17.4. The number of thiazole rings is 1. The van der Waals surface area contributed by atoms with E-state index >= 15 is 0 Å². The van der Waals surface area contributed by atoms with Gasteiger partial charge in [-0.25, -0.2) is 18.7 Å². The Balaban J connectivity index is 1.36. The second-order valence-corrected chi connectivity index (χ2v) is 11.3. The lowest BCUT2D eigenvalue weighted by atomic mass is 10.1. The summed E-state index contributed by atoms with van der Waals surface area (Å²) in [7, 11) is 0. The largest absolute Gasteiger partial charge is 0.390 e. The predicted octanol–water partition coefficient (Wildman–Crippen LogP) is 4.33. The van der Waals surface area contributed by atoms with Crippen LogP contribution in [-0.2, 0) is 0 Å². The van der Waals surface area contributed by atoms with Gasteiger partial charge >= 0.3 is 0 Å². The lowest BCUT2D eigenvalue weighted by Gasteiger charge is -2.21. The minimum atomic E-state index is -2.72. The monoisotopic (exact) mass is 516 g/mol. The molecule has 36 heavy (non-hydrogen) atoms. The van der Waals surface area contributed by atoms with E-state index in [2.05, 4.69) is 20.6 Å². The highest BCUT2D eigenvalue weighted by Crippen LogP contribution is 2.45. The lowest BCUT2D eigenvalue weighted by molar-refractivity contribution is -0.0333. The number of halogens is 2. The van der Waals surface area contributed by atoms with Crippen LogP contribution in [0.5, 0.6) is 0 Å². The number of aryl methyl sites for hydroxylation is 1. The van der Waals surface area contributed by atoms with Crippen LogP contribution < -0.4 is 10.6 Å². The van der Waals surface area contributed by atoms with Crippen LogP contribution in [0.25, 0.3) is 20.8 Å². The van der Waals surface area contributed by atoms with E-state index in [1.807, 2.05) is 19.2 Å². The van der Waals surface area contributed by atoms with E-state index in [1.165, 1.54) is 24.2 Å². The Morgan fingerprint density at radius 1 is 1.11 bits per heavy atom. The fourth-order valence-corrected chi connectivity index (χ4v) is 6.15. The summed E-state index contributed by atoms with van der Waals surface area (Å²) in [4.78, 5) is 18.9. The summed E-state index contributed by atoms with van der Waals surface area (Å²) in [6, 6.07) is 1.17. The molecule has 8 nitrogen and oxygen atoms in total. The minimum absolute atomic E-state index is 0.0669. The molecule has 0 saturated heterocycles. The van der Waals surface area contributed by atoms with E-state index in [0.29, 0.717) is 33.9 Å². The van der Waals surface area contributed by atoms with Gasteiger partial charge < -0.3 is 20.8 Å². The Kier molecular flexibility index (Phi) is 6.25. The van der Waals surface area contributed by atoms with Crippen LogP contribution in [0.1, 0.15) is 55.8 Å². The third kappa shape index (κ3) is 4.64. The Hall–Kier alpha value is -2.50. The summed E-state index contributed by atoms with van der Waals surface area (Å²) < 4.78 is 27.9. The molecule has 3 fully saturated rings. The molecule has 0 aliphatic heterocycles. The number of rotatable bonds is 9. The summed E-state index contributed by atoms with van der Waals surface area (Å²) in [6.07, 6.45) is 1.99. The molecule has 11 heteroatoms. The SMILES string of the molecule is Cc1nc(NCCC2CC2)nc(N[C@@H]2C[C@H](C(F)F)[C@@H](O)[C@H]2O)c1-c1nc2c(C3CC3)nccc2s1. The lowest BCUT2D eigenvalue weighted by Crippen LogP contribution is -2.36. The van der Waals surface area contributed by atoms with Crippen LogP contribution in [0.15, 0.2) is 12.3 Å². The molecule has 6 rings (SSSR count). The number of nitrogens with zero attached hydrogens (tertiary/aromatic N) is 4. The molecule has 3 heterocycles. The molecule has 0 spiro atoms. The van der Waals surface area contributed by atoms with E-state index in [0.717, 1.165) is 47.6 Å². The average Bonchev–Trinajstić information content (AvgIpc) is 3.77. The maximum Gasteiger partial charge on any atom is 0.244 e. The maximum absolute atomic E-state index is 13.4. The van der Waals surface area contributed by atoms with E-state index in [1.54, 1.807) is 0 Å². The van der Waals surface area contributed by atoms with Crippen molar-refractivity contribution < 1.29 is 19.0 Å². The molecule has 0 unspecified atom stereocenters. The van der Waals surface area contributed by atoms with Crippen LogP contribution in [0.2, 0.25) is 0 Å². The maximum atomic E-state index is 13.4. The Morgan fingerprint density at radius 3 is 2.61 bits per heavy atom. The zero-order valence-electron chi connectivity index (χ0n) is 20.0. The van der Waals surface area contributed by atoms with Gasteiger partial charge in [0, 0.05) is 18.7 Å². The van der Waals surface area contributed by atoms with Crippen molar-refractivity contribution in [2.45, 2.75) is 76.0 Å². The number of aliphatic hydroxyl groups excluding tert-OH is 2. The number of alkyl halides is 2.